The summed E-state index contributed by atoms with van der Waals surface area (Å²) in [4.78, 5) is 13.2. The number of nitrogens with zero attached hydrogens (tertiary/aromatic N) is 1. The molecule has 0 radical (unpaired) electrons. The Morgan fingerprint density at radius 3 is 2.25 bits per heavy atom. The van der Waals surface area contributed by atoms with Gasteiger partial charge in [-0.25, -0.2) is 13.2 Å². The Kier molecular flexibility index (Phi) is 3.52. The predicted octanol–water partition coefficient (Wildman–Crippen LogP) is 1.04. The lowest BCUT2D eigenvalue weighted by Gasteiger charge is -2.38. The Labute approximate surface area is 96.7 Å². The molecule has 0 aromatic heterocycles. The van der Waals surface area contributed by atoms with E-state index in [0.29, 0.717) is 6.42 Å². The number of amides is 1. The third kappa shape index (κ3) is 2.87. The van der Waals surface area contributed by atoms with Gasteiger partial charge >= 0.3 is 6.09 Å². The quantitative estimate of drug-likeness (QED) is 0.696. The molecule has 1 rings (SSSR count). The van der Waals surface area contributed by atoms with Crippen LogP contribution in [0.25, 0.3) is 0 Å². The summed E-state index contributed by atoms with van der Waals surface area (Å²) in [7, 11) is -1.68. The summed E-state index contributed by atoms with van der Waals surface area (Å²) in [5.41, 5.74) is -0.433. The van der Waals surface area contributed by atoms with Crippen LogP contribution in [0.15, 0.2) is 0 Å². The van der Waals surface area contributed by atoms with Crippen molar-refractivity contribution >= 4 is 15.9 Å². The number of sulfone groups is 1. The van der Waals surface area contributed by atoms with Crippen molar-refractivity contribution in [3.63, 3.8) is 0 Å². The van der Waals surface area contributed by atoms with Gasteiger partial charge in [0.2, 0.25) is 0 Å². The summed E-state index contributed by atoms with van der Waals surface area (Å²) < 4.78 is 27.5. The summed E-state index contributed by atoms with van der Waals surface area (Å²) >= 11 is 0. The highest BCUT2D eigenvalue weighted by Gasteiger charge is 2.40. The van der Waals surface area contributed by atoms with Crippen molar-refractivity contribution in [1.82, 2.24) is 4.90 Å². The molecule has 0 aromatic rings. The van der Waals surface area contributed by atoms with Crippen molar-refractivity contribution in [3.05, 3.63) is 0 Å². The zero-order chi connectivity index (χ0) is 12.6. The highest BCUT2D eigenvalue weighted by molar-refractivity contribution is 7.91. The number of carbonyl (C=O) groups excluding carboxylic acids is 1. The standard InChI is InChI=1S/C10H19NO4S/c1-10(2,3)11(9(12)15-4)8-5-6-16(13,14)7-8/h8H,5-7H2,1-4H3/t8-/m1/s1. The minimum absolute atomic E-state index is 0.0410. The van der Waals surface area contributed by atoms with Crippen molar-refractivity contribution in [2.24, 2.45) is 0 Å². The molecule has 1 aliphatic rings. The average Bonchev–Trinajstić information content (AvgIpc) is 2.43. The summed E-state index contributed by atoms with van der Waals surface area (Å²) in [6.45, 7) is 5.61. The minimum Gasteiger partial charge on any atom is -0.453 e. The van der Waals surface area contributed by atoms with E-state index in [1.54, 1.807) is 0 Å². The molecule has 0 aromatic carbocycles. The third-order valence-electron chi connectivity index (χ3n) is 2.67. The molecule has 0 unspecified atom stereocenters. The molecule has 1 fully saturated rings. The molecule has 0 spiro atoms. The summed E-state index contributed by atoms with van der Waals surface area (Å²) in [6.07, 6.45) is 0.0314. The first kappa shape index (κ1) is 13.3. The van der Waals surface area contributed by atoms with Gasteiger partial charge in [-0.15, -0.1) is 0 Å². The number of rotatable bonds is 1. The molecule has 0 saturated carbocycles. The van der Waals surface area contributed by atoms with Gasteiger partial charge in [0, 0.05) is 5.54 Å². The van der Waals surface area contributed by atoms with E-state index in [0.717, 1.165) is 0 Å². The van der Waals surface area contributed by atoms with Crippen molar-refractivity contribution in [1.29, 1.82) is 0 Å². The number of hydrogen-bond donors (Lipinski definition) is 0. The molecule has 0 N–H and O–H groups in total. The van der Waals surface area contributed by atoms with Crippen LogP contribution in [-0.2, 0) is 14.6 Å². The lowest BCUT2D eigenvalue weighted by molar-refractivity contribution is 0.0632. The number of hydrogen-bond acceptors (Lipinski definition) is 4. The van der Waals surface area contributed by atoms with E-state index >= 15 is 0 Å². The second kappa shape index (κ2) is 4.24. The van der Waals surface area contributed by atoms with Crippen LogP contribution < -0.4 is 0 Å². The summed E-state index contributed by atoms with van der Waals surface area (Å²) in [6, 6.07) is -0.266. The second-order valence-electron chi connectivity index (χ2n) is 5.07. The SMILES string of the molecule is COC(=O)N([C@@H]1CCS(=O)(=O)C1)C(C)(C)C. The number of methoxy groups -OCH3 is 1. The molecule has 1 aliphatic heterocycles. The topological polar surface area (TPSA) is 63.7 Å². The van der Waals surface area contributed by atoms with Gasteiger partial charge in [0.1, 0.15) is 0 Å². The fourth-order valence-electron chi connectivity index (χ4n) is 2.05. The summed E-state index contributed by atoms with van der Waals surface area (Å²) in [5.74, 6) is 0.195. The highest BCUT2D eigenvalue weighted by Crippen LogP contribution is 2.25. The van der Waals surface area contributed by atoms with Gasteiger partial charge in [-0.2, -0.15) is 0 Å². The average molecular weight is 249 g/mol. The van der Waals surface area contributed by atoms with Crippen LogP contribution in [0.4, 0.5) is 4.79 Å². The van der Waals surface area contributed by atoms with Gasteiger partial charge in [-0.3, -0.25) is 4.90 Å². The van der Waals surface area contributed by atoms with Crippen LogP contribution in [0.2, 0.25) is 0 Å². The van der Waals surface area contributed by atoms with Gasteiger partial charge in [-0.1, -0.05) is 0 Å². The van der Waals surface area contributed by atoms with Crippen molar-refractivity contribution < 1.29 is 17.9 Å². The van der Waals surface area contributed by atoms with E-state index in [4.69, 9.17) is 4.74 Å². The van der Waals surface area contributed by atoms with Crippen LogP contribution in [-0.4, -0.2) is 49.6 Å². The molecule has 94 valence electrons. The first-order chi connectivity index (χ1) is 7.17. The Bertz CT molecular complexity index is 369. The molecule has 5 nitrogen and oxygen atoms in total. The second-order valence-corrected chi connectivity index (χ2v) is 7.30. The van der Waals surface area contributed by atoms with Crippen LogP contribution >= 0.6 is 0 Å². The molecule has 0 bridgehead atoms. The molecule has 1 amide bonds. The van der Waals surface area contributed by atoms with E-state index in [9.17, 15) is 13.2 Å². The first-order valence-corrected chi connectivity index (χ1v) is 7.07. The lowest BCUT2D eigenvalue weighted by Crippen LogP contribution is -2.52. The lowest BCUT2D eigenvalue weighted by atomic mass is 10.0. The fourth-order valence-corrected chi connectivity index (χ4v) is 3.75. The van der Waals surface area contributed by atoms with Crippen LogP contribution in [0.3, 0.4) is 0 Å². The highest BCUT2D eigenvalue weighted by atomic mass is 32.2. The van der Waals surface area contributed by atoms with Crippen molar-refractivity contribution in [3.8, 4) is 0 Å². The van der Waals surface area contributed by atoms with Crippen LogP contribution in [0, 0.1) is 0 Å². The molecule has 16 heavy (non-hydrogen) atoms. The molecular weight excluding hydrogens is 230 g/mol. The smallest absolute Gasteiger partial charge is 0.410 e. The molecule has 1 saturated heterocycles. The largest absolute Gasteiger partial charge is 0.453 e. The fraction of sp³-hybridized carbons (Fsp3) is 0.900. The molecule has 1 atom stereocenters. The zero-order valence-corrected chi connectivity index (χ0v) is 11.0. The number of ether oxygens (including phenoxy) is 1. The van der Waals surface area contributed by atoms with Crippen molar-refractivity contribution in [2.45, 2.75) is 38.8 Å². The third-order valence-corrected chi connectivity index (χ3v) is 4.42. The van der Waals surface area contributed by atoms with Gasteiger partial charge in [0.25, 0.3) is 0 Å². The minimum atomic E-state index is -2.99. The first-order valence-electron chi connectivity index (χ1n) is 5.25. The molecule has 6 heteroatoms. The Balaban J connectivity index is 2.92. The predicted molar refractivity (Wildman–Crippen MR) is 61.1 cm³/mol. The maximum atomic E-state index is 11.7. The van der Waals surface area contributed by atoms with E-state index < -0.39 is 21.5 Å². The number of carbonyl (C=O) groups is 1. The zero-order valence-electron chi connectivity index (χ0n) is 10.2. The maximum absolute atomic E-state index is 11.7. The Morgan fingerprint density at radius 2 is 1.94 bits per heavy atom. The van der Waals surface area contributed by atoms with E-state index in [1.807, 2.05) is 20.8 Å². The van der Waals surface area contributed by atoms with Gasteiger partial charge in [-0.05, 0) is 27.2 Å². The Hall–Kier alpha value is -0.780. The van der Waals surface area contributed by atoms with Crippen LogP contribution in [0.5, 0.6) is 0 Å². The molecule has 0 aliphatic carbocycles. The van der Waals surface area contributed by atoms with E-state index in [2.05, 4.69) is 0 Å². The van der Waals surface area contributed by atoms with E-state index in [-0.39, 0.29) is 17.5 Å². The molecule has 1 heterocycles. The monoisotopic (exact) mass is 249 g/mol. The van der Waals surface area contributed by atoms with Gasteiger partial charge < -0.3 is 4.74 Å². The van der Waals surface area contributed by atoms with Gasteiger partial charge in [0.15, 0.2) is 9.84 Å². The normalized spacial score (nSPS) is 24.1. The van der Waals surface area contributed by atoms with Crippen LogP contribution in [0.1, 0.15) is 27.2 Å². The summed E-state index contributed by atoms with van der Waals surface area (Å²) in [5, 5.41) is 0. The van der Waals surface area contributed by atoms with E-state index in [1.165, 1.54) is 12.0 Å². The van der Waals surface area contributed by atoms with Crippen molar-refractivity contribution in [2.75, 3.05) is 18.6 Å². The Morgan fingerprint density at radius 1 is 1.38 bits per heavy atom. The van der Waals surface area contributed by atoms with Gasteiger partial charge in [0.05, 0.1) is 24.7 Å². The molecular formula is C10H19NO4S. The maximum Gasteiger partial charge on any atom is 0.410 e.